The highest BCUT2D eigenvalue weighted by molar-refractivity contribution is 5.95. The van der Waals surface area contributed by atoms with E-state index in [2.05, 4.69) is 47.6 Å². The van der Waals surface area contributed by atoms with E-state index in [1.54, 1.807) is 0 Å². The maximum atomic E-state index is 14.3. The molecule has 5 aliphatic carbocycles. The van der Waals surface area contributed by atoms with Crippen molar-refractivity contribution in [1.82, 2.24) is 0 Å². The van der Waals surface area contributed by atoms with Gasteiger partial charge in [-0.15, -0.1) is 0 Å². The summed E-state index contributed by atoms with van der Waals surface area (Å²) in [4.78, 5) is 26.5. The van der Waals surface area contributed by atoms with Gasteiger partial charge in [0.1, 0.15) is 0 Å². The van der Waals surface area contributed by atoms with Gasteiger partial charge in [0, 0.05) is 5.92 Å². The van der Waals surface area contributed by atoms with Crippen molar-refractivity contribution in [3.8, 4) is 0 Å². The topological polar surface area (TPSA) is 66.9 Å². The standard InChI is InChI=1S/C30H44O4/c1-25(2)21-8-9-30(7)22(28(21,5)16-20-23(25)34-20)19(31)14-17-18-15-27(4,24(32)33)11-10-26(18,3)12-13-29(17,30)6/h14,18,20-23H,8-13,15-16H2,1-7H3,(H,32,33)/t18-,20+,21-,22+,23+,26+,27-,28-,29+,30+/m0/s1. The monoisotopic (exact) mass is 468 g/mol. The second-order valence-corrected chi connectivity index (χ2v) is 15.2. The van der Waals surface area contributed by atoms with Crippen LogP contribution in [0, 0.1) is 50.2 Å². The van der Waals surface area contributed by atoms with Gasteiger partial charge < -0.3 is 9.84 Å². The fourth-order valence-corrected chi connectivity index (χ4v) is 10.8. The number of hydrogen-bond acceptors (Lipinski definition) is 3. The van der Waals surface area contributed by atoms with Gasteiger partial charge in [0.25, 0.3) is 0 Å². The van der Waals surface area contributed by atoms with Crippen LogP contribution in [0.2, 0.25) is 0 Å². The molecule has 188 valence electrons. The second-order valence-electron chi connectivity index (χ2n) is 15.2. The Labute approximate surface area is 205 Å². The van der Waals surface area contributed by atoms with Crippen molar-refractivity contribution in [2.24, 2.45) is 50.2 Å². The summed E-state index contributed by atoms with van der Waals surface area (Å²) in [6.45, 7) is 16.3. The van der Waals surface area contributed by atoms with Crippen molar-refractivity contribution >= 4 is 11.8 Å². The molecule has 34 heavy (non-hydrogen) atoms. The van der Waals surface area contributed by atoms with E-state index in [1.165, 1.54) is 5.57 Å². The number of carboxylic acids is 1. The molecule has 0 aromatic rings. The number of hydrogen-bond donors (Lipinski definition) is 1. The van der Waals surface area contributed by atoms with E-state index in [1.807, 2.05) is 6.92 Å². The van der Waals surface area contributed by atoms with E-state index < -0.39 is 11.4 Å². The average molecular weight is 469 g/mol. The molecule has 6 rings (SSSR count). The fraction of sp³-hybridized carbons (Fsp3) is 0.867. The van der Waals surface area contributed by atoms with Gasteiger partial charge >= 0.3 is 5.97 Å². The molecule has 5 fully saturated rings. The number of carbonyl (C=O) groups is 2. The molecule has 6 aliphatic rings. The summed E-state index contributed by atoms with van der Waals surface area (Å²) < 4.78 is 6.18. The third kappa shape index (κ3) is 2.55. The van der Waals surface area contributed by atoms with E-state index in [0.717, 1.165) is 44.9 Å². The molecule has 10 atom stereocenters. The Kier molecular flexibility index (Phi) is 4.37. The first-order valence-electron chi connectivity index (χ1n) is 13.8. The van der Waals surface area contributed by atoms with Crippen molar-refractivity contribution in [1.29, 1.82) is 0 Å². The third-order valence-electron chi connectivity index (χ3n) is 13.2. The van der Waals surface area contributed by atoms with Crippen molar-refractivity contribution in [3.63, 3.8) is 0 Å². The molecule has 0 radical (unpaired) electrons. The summed E-state index contributed by atoms with van der Waals surface area (Å²) in [5.41, 5.74) is 0.643. The predicted octanol–water partition coefficient (Wildman–Crippen LogP) is 6.43. The van der Waals surface area contributed by atoms with Gasteiger partial charge in [-0.25, -0.2) is 0 Å². The van der Waals surface area contributed by atoms with Gasteiger partial charge in [0.15, 0.2) is 5.78 Å². The summed E-state index contributed by atoms with van der Waals surface area (Å²) in [6.07, 6.45) is 10.6. The number of ketones is 1. The highest BCUT2D eigenvalue weighted by atomic mass is 16.6. The SMILES string of the molecule is CC1(C)[C@@H]2O[C@@H]2C[C@]2(C)[C@H]3C(=O)C=C4[C@@H]5C[C@@](C)(C(=O)O)CC[C@]5(C)CC[C@@]4(C)[C@]3(C)CC[C@@H]12. The molecule has 1 aliphatic heterocycles. The molecule has 0 amide bonds. The first-order valence-corrected chi connectivity index (χ1v) is 13.8. The Bertz CT molecular complexity index is 1010. The minimum Gasteiger partial charge on any atom is -0.481 e. The summed E-state index contributed by atoms with van der Waals surface area (Å²) in [7, 11) is 0. The number of rotatable bonds is 1. The van der Waals surface area contributed by atoms with E-state index in [0.29, 0.717) is 30.3 Å². The summed E-state index contributed by atoms with van der Waals surface area (Å²) in [5, 5.41) is 10.1. The van der Waals surface area contributed by atoms with Gasteiger partial charge in [0.05, 0.1) is 17.6 Å². The van der Waals surface area contributed by atoms with Gasteiger partial charge in [-0.2, -0.15) is 0 Å². The van der Waals surface area contributed by atoms with Crippen LogP contribution in [0.3, 0.4) is 0 Å². The molecule has 1 N–H and O–H groups in total. The van der Waals surface area contributed by atoms with Crippen molar-refractivity contribution in [3.05, 3.63) is 11.6 Å². The number of ether oxygens (including phenoxy) is 1. The summed E-state index contributed by atoms with van der Waals surface area (Å²) in [6, 6.07) is 0. The maximum Gasteiger partial charge on any atom is 0.309 e. The Morgan fingerprint density at radius 2 is 1.65 bits per heavy atom. The van der Waals surface area contributed by atoms with E-state index >= 15 is 0 Å². The lowest BCUT2D eigenvalue weighted by molar-refractivity contribution is -0.182. The van der Waals surface area contributed by atoms with Crippen LogP contribution in [0.4, 0.5) is 0 Å². The summed E-state index contributed by atoms with van der Waals surface area (Å²) in [5.74, 6) is 0.361. The molecule has 1 heterocycles. The lowest BCUT2D eigenvalue weighted by atomic mass is 9.33. The van der Waals surface area contributed by atoms with Gasteiger partial charge in [-0.1, -0.05) is 47.1 Å². The van der Waals surface area contributed by atoms with E-state index in [-0.39, 0.29) is 38.9 Å². The zero-order chi connectivity index (χ0) is 24.7. The molecule has 4 saturated carbocycles. The van der Waals surface area contributed by atoms with Crippen molar-refractivity contribution in [2.75, 3.05) is 0 Å². The van der Waals surface area contributed by atoms with Crippen LogP contribution in [0.5, 0.6) is 0 Å². The number of allylic oxidation sites excluding steroid dienone is 2. The van der Waals surface area contributed by atoms with Gasteiger partial charge in [-0.3, -0.25) is 9.59 Å². The Balaban J connectivity index is 1.47. The van der Waals surface area contributed by atoms with Crippen LogP contribution in [-0.2, 0) is 14.3 Å². The fourth-order valence-electron chi connectivity index (χ4n) is 10.8. The molecule has 0 unspecified atom stereocenters. The number of carbonyl (C=O) groups excluding carboxylic acids is 1. The molecule has 0 spiro atoms. The normalized spacial score (nSPS) is 57.2. The largest absolute Gasteiger partial charge is 0.481 e. The smallest absolute Gasteiger partial charge is 0.309 e. The number of carboxylic acid groups (broad SMARTS) is 1. The number of epoxide rings is 1. The van der Waals surface area contributed by atoms with Crippen molar-refractivity contribution in [2.45, 2.75) is 112 Å². The van der Waals surface area contributed by atoms with Crippen LogP contribution < -0.4 is 0 Å². The molecular weight excluding hydrogens is 424 g/mol. The molecular formula is C30H44O4. The second kappa shape index (κ2) is 6.39. The minimum absolute atomic E-state index is 0.0238. The predicted molar refractivity (Wildman–Crippen MR) is 131 cm³/mol. The maximum absolute atomic E-state index is 14.3. The van der Waals surface area contributed by atoms with Crippen molar-refractivity contribution < 1.29 is 19.4 Å². The highest BCUT2D eigenvalue weighted by Crippen LogP contribution is 2.76. The lowest BCUT2D eigenvalue weighted by Crippen LogP contribution is -2.66. The molecule has 1 saturated heterocycles. The molecule has 0 aromatic heterocycles. The number of aliphatic carboxylic acids is 1. The summed E-state index contributed by atoms with van der Waals surface area (Å²) >= 11 is 0. The Hall–Kier alpha value is -1.16. The zero-order valence-corrected chi connectivity index (χ0v) is 22.3. The molecule has 0 aromatic carbocycles. The van der Waals surface area contributed by atoms with Gasteiger partial charge in [-0.05, 0) is 103 Å². The zero-order valence-electron chi connectivity index (χ0n) is 22.3. The van der Waals surface area contributed by atoms with Crippen LogP contribution in [-0.4, -0.2) is 29.1 Å². The Morgan fingerprint density at radius 3 is 2.32 bits per heavy atom. The molecule has 0 bridgehead atoms. The highest BCUT2D eigenvalue weighted by Gasteiger charge is 2.73. The Morgan fingerprint density at radius 1 is 0.971 bits per heavy atom. The van der Waals surface area contributed by atoms with E-state index in [4.69, 9.17) is 4.74 Å². The van der Waals surface area contributed by atoms with Crippen LogP contribution in [0.25, 0.3) is 0 Å². The van der Waals surface area contributed by atoms with Crippen LogP contribution in [0.1, 0.15) is 99.8 Å². The minimum atomic E-state index is -0.695. The van der Waals surface area contributed by atoms with Crippen LogP contribution in [0.15, 0.2) is 11.6 Å². The number of fused-ring (bicyclic) bond motifs is 8. The quantitative estimate of drug-likeness (QED) is 0.450. The van der Waals surface area contributed by atoms with Crippen LogP contribution >= 0.6 is 0 Å². The lowest BCUT2D eigenvalue weighted by Gasteiger charge is -2.69. The van der Waals surface area contributed by atoms with Gasteiger partial charge in [0.2, 0.25) is 0 Å². The first kappa shape index (κ1) is 23.3. The first-order chi connectivity index (χ1) is 15.6. The molecule has 4 nitrogen and oxygen atoms in total. The molecule has 4 heteroatoms. The third-order valence-corrected chi connectivity index (χ3v) is 13.2. The van der Waals surface area contributed by atoms with E-state index in [9.17, 15) is 14.7 Å². The average Bonchev–Trinajstić information content (AvgIpc) is 3.50.